The number of anilines is 1. The summed E-state index contributed by atoms with van der Waals surface area (Å²) in [6, 6.07) is 11.6. The maximum Gasteiger partial charge on any atom is 0.312 e. The topological polar surface area (TPSA) is 144 Å². The summed E-state index contributed by atoms with van der Waals surface area (Å²) >= 11 is 0. The van der Waals surface area contributed by atoms with Gasteiger partial charge in [-0.15, -0.1) is 0 Å². The Bertz CT molecular complexity index is 958. The van der Waals surface area contributed by atoms with Gasteiger partial charge >= 0.3 is 5.97 Å². The van der Waals surface area contributed by atoms with Crippen molar-refractivity contribution in [1.29, 1.82) is 5.26 Å². The van der Waals surface area contributed by atoms with E-state index in [-0.39, 0.29) is 17.2 Å². The minimum Gasteiger partial charge on any atom is -0.481 e. The van der Waals surface area contributed by atoms with Crippen LogP contribution in [-0.4, -0.2) is 33.9 Å². The average Bonchev–Trinajstić information content (AvgIpc) is 3.08. The molecule has 0 fully saturated rings. The van der Waals surface area contributed by atoms with E-state index in [1.54, 1.807) is 0 Å². The summed E-state index contributed by atoms with van der Waals surface area (Å²) in [5.41, 5.74) is 6.85. The summed E-state index contributed by atoms with van der Waals surface area (Å²) < 4.78 is 0. The molecule has 1 aliphatic carbocycles. The number of benzene rings is 1. The zero-order valence-electron chi connectivity index (χ0n) is 14.7. The van der Waals surface area contributed by atoms with Crippen LogP contribution in [0.3, 0.4) is 0 Å². The number of hydrazine groups is 1. The maximum atomic E-state index is 12.1. The van der Waals surface area contributed by atoms with Crippen molar-refractivity contribution in [1.82, 2.24) is 15.8 Å². The Morgan fingerprint density at radius 2 is 1.86 bits per heavy atom. The number of pyridine rings is 1. The van der Waals surface area contributed by atoms with Gasteiger partial charge in [-0.25, -0.2) is 4.98 Å². The van der Waals surface area contributed by atoms with Gasteiger partial charge in [0.15, 0.2) is 0 Å². The van der Waals surface area contributed by atoms with Crippen LogP contribution in [0.5, 0.6) is 0 Å². The molecule has 2 amide bonds. The number of carboxylic acid groups (broad SMARTS) is 1. The number of rotatable bonds is 5. The predicted octanol–water partition coefficient (Wildman–Crippen LogP) is 0.768. The lowest BCUT2D eigenvalue weighted by molar-refractivity contribution is -0.140. The Morgan fingerprint density at radius 3 is 2.46 bits per heavy atom. The van der Waals surface area contributed by atoms with Gasteiger partial charge in [-0.2, -0.15) is 5.26 Å². The summed E-state index contributed by atoms with van der Waals surface area (Å²) in [6.07, 6.45) is 2.15. The van der Waals surface area contributed by atoms with E-state index in [1.165, 1.54) is 23.4 Å². The Morgan fingerprint density at radius 1 is 1.18 bits per heavy atom. The van der Waals surface area contributed by atoms with E-state index in [0.717, 1.165) is 12.8 Å². The highest BCUT2D eigenvalue weighted by Crippen LogP contribution is 2.25. The van der Waals surface area contributed by atoms with Gasteiger partial charge in [0.05, 0.1) is 11.1 Å². The lowest BCUT2D eigenvalue weighted by Crippen LogP contribution is -2.42. The molecular weight excluding hydrogens is 362 g/mol. The highest BCUT2D eigenvalue weighted by molar-refractivity contribution is 5.98. The van der Waals surface area contributed by atoms with Crippen LogP contribution in [0, 0.1) is 11.3 Å². The molecule has 0 atom stereocenters. The van der Waals surface area contributed by atoms with Gasteiger partial charge in [0, 0.05) is 12.2 Å². The third-order valence-corrected chi connectivity index (χ3v) is 4.29. The average molecular weight is 379 g/mol. The molecule has 3 rings (SSSR count). The smallest absolute Gasteiger partial charge is 0.312 e. The molecule has 0 aliphatic heterocycles. The van der Waals surface area contributed by atoms with E-state index in [9.17, 15) is 19.6 Å². The van der Waals surface area contributed by atoms with Crippen molar-refractivity contribution in [2.45, 2.75) is 25.3 Å². The third-order valence-electron chi connectivity index (χ3n) is 4.29. The number of carbonyl (C=O) groups is 3. The third kappa shape index (κ3) is 4.42. The highest BCUT2D eigenvalue weighted by atomic mass is 16.4. The molecule has 142 valence electrons. The maximum absolute atomic E-state index is 12.1. The molecule has 0 saturated heterocycles. The summed E-state index contributed by atoms with van der Waals surface area (Å²) in [5, 5.41) is 21.2. The van der Waals surface area contributed by atoms with Crippen LogP contribution in [0.2, 0.25) is 0 Å². The van der Waals surface area contributed by atoms with Crippen molar-refractivity contribution in [3.63, 3.8) is 0 Å². The first-order valence-electron chi connectivity index (χ1n) is 8.50. The number of nitrogens with one attached hydrogen (secondary N) is 3. The predicted molar refractivity (Wildman–Crippen MR) is 98.1 cm³/mol. The van der Waals surface area contributed by atoms with Gasteiger partial charge in [0.2, 0.25) is 5.91 Å². The standard InChI is InChI=1S/C19H17N5O4/c20-9-13-5-14(19(28)24-23-16(25)8-17(26)27)10-21-18(13)22-15-6-11-3-1-2-4-12(11)7-15/h1-5,10,15H,6-8H2,(H,21,22)(H,23,25)(H,24,28)(H,26,27). The Hall–Kier alpha value is -3.93. The van der Waals surface area contributed by atoms with Crippen molar-refractivity contribution in [3.05, 3.63) is 58.8 Å². The molecule has 0 saturated carbocycles. The minimum atomic E-state index is -1.32. The monoisotopic (exact) mass is 379 g/mol. The zero-order valence-corrected chi connectivity index (χ0v) is 14.7. The number of carbonyl (C=O) groups excluding carboxylic acids is 2. The fourth-order valence-electron chi connectivity index (χ4n) is 3.02. The second kappa shape index (κ2) is 8.18. The molecule has 2 aromatic rings. The van der Waals surface area contributed by atoms with Gasteiger partial charge in [0.25, 0.3) is 5.91 Å². The van der Waals surface area contributed by atoms with Crippen molar-refractivity contribution >= 4 is 23.6 Å². The van der Waals surface area contributed by atoms with Crippen molar-refractivity contribution in [3.8, 4) is 6.07 Å². The number of aromatic nitrogens is 1. The van der Waals surface area contributed by atoms with Gasteiger partial charge in [-0.05, 0) is 30.0 Å². The molecule has 1 aliphatic rings. The lowest BCUT2D eigenvalue weighted by Gasteiger charge is -2.14. The second-order valence-electron chi connectivity index (χ2n) is 6.32. The van der Waals surface area contributed by atoms with Crippen LogP contribution in [0.25, 0.3) is 0 Å². The number of aliphatic carboxylic acids is 1. The number of hydrogen-bond donors (Lipinski definition) is 4. The molecule has 1 aromatic heterocycles. The van der Waals surface area contributed by atoms with E-state index in [0.29, 0.717) is 5.82 Å². The summed E-state index contributed by atoms with van der Waals surface area (Å²) in [6.45, 7) is 0. The van der Waals surface area contributed by atoms with E-state index >= 15 is 0 Å². The Labute approximate surface area is 160 Å². The molecule has 28 heavy (non-hydrogen) atoms. The molecule has 9 heteroatoms. The van der Waals surface area contributed by atoms with Crippen LogP contribution in [-0.2, 0) is 22.4 Å². The Balaban J connectivity index is 1.64. The van der Waals surface area contributed by atoms with Crippen LogP contribution in [0.4, 0.5) is 5.82 Å². The van der Waals surface area contributed by atoms with Crippen molar-refractivity contribution in [2.24, 2.45) is 0 Å². The van der Waals surface area contributed by atoms with Gasteiger partial charge in [-0.1, -0.05) is 24.3 Å². The van der Waals surface area contributed by atoms with Crippen LogP contribution in [0.1, 0.15) is 33.5 Å². The number of fused-ring (bicyclic) bond motifs is 1. The molecule has 1 heterocycles. The quantitative estimate of drug-likeness (QED) is 0.443. The highest BCUT2D eigenvalue weighted by Gasteiger charge is 2.22. The summed E-state index contributed by atoms with van der Waals surface area (Å²) in [4.78, 5) is 37.9. The van der Waals surface area contributed by atoms with Gasteiger partial charge in [0.1, 0.15) is 18.3 Å². The van der Waals surface area contributed by atoms with Crippen LogP contribution in [0.15, 0.2) is 36.5 Å². The molecule has 1 aromatic carbocycles. The van der Waals surface area contributed by atoms with E-state index in [1.807, 2.05) is 23.6 Å². The molecule has 0 radical (unpaired) electrons. The molecule has 0 spiro atoms. The van der Waals surface area contributed by atoms with E-state index in [2.05, 4.69) is 27.9 Å². The number of hydrogen-bond acceptors (Lipinski definition) is 6. The molecular formula is C19H17N5O4. The van der Waals surface area contributed by atoms with E-state index < -0.39 is 24.2 Å². The molecule has 0 unspecified atom stereocenters. The Kier molecular flexibility index (Phi) is 5.50. The number of carboxylic acids is 1. The lowest BCUT2D eigenvalue weighted by atomic mass is 10.1. The first-order valence-corrected chi connectivity index (χ1v) is 8.50. The van der Waals surface area contributed by atoms with Crippen LogP contribution < -0.4 is 16.2 Å². The number of nitrogens with zero attached hydrogens (tertiary/aromatic N) is 2. The van der Waals surface area contributed by atoms with Gasteiger partial charge in [-0.3, -0.25) is 25.2 Å². The minimum absolute atomic E-state index is 0.0624. The number of nitriles is 1. The SMILES string of the molecule is N#Cc1cc(C(=O)NNC(=O)CC(=O)O)cnc1NC1Cc2ccccc2C1. The van der Waals surface area contributed by atoms with Crippen molar-refractivity contribution in [2.75, 3.05) is 5.32 Å². The first-order chi connectivity index (χ1) is 13.5. The zero-order chi connectivity index (χ0) is 20.1. The summed E-state index contributed by atoms with van der Waals surface area (Å²) in [5.74, 6) is -2.51. The normalized spacial score (nSPS) is 12.5. The molecule has 4 N–H and O–H groups in total. The molecule has 9 nitrogen and oxygen atoms in total. The van der Waals surface area contributed by atoms with Gasteiger partial charge < -0.3 is 10.4 Å². The first kappa shape index (κ1) is 18.8. The fraction of sp³-hybridized carbons (Fsp3) is 0.211. The van der Waals surface area contributed by atoms with E-state index in [4.69, 9.17) is 5.11 Å². The number of amides is 2. The largest absolute Gasteiger partial charge is 0.481 e. The fourth-order valence-corrected chi connectivity index (χ4v) is 3.02. The summed E-state index contributed by atoms with van der Waals surface area (Å²) in [7, 11) is 0. The van der Waals surface area contributed by atoms with Crippen molar-refractivity contribution < 1.29 is 19.5 Å². The van der Waals surface area contributed by atoms with Crippen LogP contribution >= 0.6 is 0 Å². The second-order valence-corrected chi connectivity index (χ2v) is 6.32. The molecule has 0 bridgehead atoms.